The zero-order chi connectivity index (χ0) is 18.4. The third-order valence-corrected chi connectivity index (χ3v) is 6.00. The first-order chi connectivity index (χ1) is 11.8. The molecule has 13 heteroatoms. The number of fused-ring (bicyclic) bond motifs is 1. The van der Waals surface area contributed by atoms with Crippen molar-refractivity contribution in [3.8, 4) is 0 Å². The van der Waals surface area contributed by atoms with Gasteiger partial charge in [-0.3, -0.25) is 14.5 Å². The first kappa shape index (κ1) is 17.5. The van der Waals surface area contributed by atoms with Gasteiger partial charge in [-0.2, -0.15) is 0 Å². The molecule has 0 aliphatic carbocycles. The van der Waals surface area contributed by atoms with E-state index in [1.54, 1.807) is 0 Å². The number of nitrogens with zero attached hydrogens (tertiary/aromatic N) is 3. The first-order valence-electron chi connectivity index (χ1n) is 6.65. The molecule has 5 N–H and O–H groups in total. The summed E-state index contributed by atoms with van der Waals surface area (Å²) in [5, 5.41) is 22.8. The van der Waals surface area contributed by atoms with Crippen LogP contribution < -0.4 is 11.1 Å². The molecular formula is C12H10ClN5O5S2. The van der Waals surface area contributed by atoms with Crippen molar-refractivity contribution in [1.82, 2.24) is 15.2 Å². The maximum Gasteiger partial charge on any atom is 0.352 e. The van der Waals surface area contributed by atoms with Gasteiger partial charge in [0, 0.05) is 0 Å². The van der Waals surface area contributed by atoms with E-state index in [2.05, 4.69) is 15.5 Å². The minimum absolute atomic E-state index is 0.0955. The lowest BCUT2D eigenvalue weighted by atomic mass is 10.1. The number of nitrogen functional groups attached to an aromatic ring is 1. The van der Waals surface area contributed by atoms with Crippen LogP contribution in [0.2, 0.25) is 4.34 Å². The molecule has 1 aromatic heterocycles. The molecule has 0 radical (unpaired) electrons. The predicted molar refractivity (Wildman–Crippen MR) is 90.2 cm³/mol. The lowest BCUT2D eigenvalue weighted by Crippen LogP contribution is -2.59. The number of thioether (sulfide) groups is 1. The summed E-state index contributed by atoms with van der Waals surface area (Å²) in [6.45, 7) is 0. The number of carboxylic acid groups (broad SMARTS) is 1. The molecule has 3 rings (SSSR count). The van der Waals surface area contributed by atoms with Crippen molar-refractivity contribution < 1.29 is 24.7 Å². The van der Waals surface area contributed by atoms with E-state index in [0.29, 0.717) is 6.21 Å². The van der Waals surface area contributed by atoms with E-state index >= 15 is 0 Å². The third-order valence-electron chi connectivity index (χ3n) is 3.48. The summed E-state index contributed by atoms with van der Waals surface area (Å²) in [5.41, 5.74) is 5.50. The SMILES string of the molecule is Nc1nc(C2(NC(=O)/C=N\O)C=C(C(=O)O)N3C(=O)C[C@H]3S2)c(Cl)s1. The van der Waals surface area contributed by atoms with Gasteiger partial charge < -0.3 is 21.4 Å². The van der Waals surface area contributed by atoms with Gasteiger partial charge in [0.1, 0.15) is 21.9 Å². The van der Waals surface area contributed by atoms with Crippen LogP contribution in [0.5, 0.6) is 0 Å². The number of amides is 2. The number of hydrogen-bond acceptors (Lipinski definition) is 9. The Labute approximate surface area is 153 Å². The molecule has 1 aromatic rings. The molecule has 132 valence electrons. The number of carbonyl (C=O) groups is 3. The van der Waals surface area contributed by atoms with E-state index in [1.807, 2.05) is 0 Å². The second-order valence-corrected chi connectivity index (χ2v) is 8.08. The molecule has 10 nitrogen and oxygen atoms in total. The number of halogens is 1. The van der Waals surface area contributed by atoms with E-state index in [-0.39, 0.29) is 33.2 Å². The molecular weight excluding hydrogens is 394 g/mol. The highest BCUT2D eigenvalue weighted by Crippen LogP contribution is 2.51. The Morgan fingerprint density at radius 2 is 2.32 bits per heavy atom. The maximum atomic E-state index is 12.0. The van der Waals surface area contributed by atoms with Crippen LogP contribution in [0.1, 0.15) is 12.1 Å². The Morgan fingerprint density at radius 3 is 2.84 bits per heavy atom. The normalized spacial score (nSPS) is 25.3. The predicted octanol–water partition coefficient (Wildman–Crippen LogP) is 0.381. The maximum absolute atomic E-state index is 12.0. The highest BCUT2D eigenvalue weighted by atomic mass is 35.5. The highest BCUT2D eigenvalue weighted by molar-refractivity contribution is 8.01. The van der Waals surface area contributed by atoms with Crippen LogP contribution >= 0.6 is 34.7 Å². The number of aromatic nitrogens is 1. The summed E-state index contributed by atoms with van der Waals surface area (Å²) in [6.07, 6.45) is 1.88. The molecule has 0 bridgehead atoms. The highest BCUT2D eigenvalue weighted by Gasteiger charge is 2.53. The number of carbonyl (C=O) groups excluding carboxylic acids is 2. The average molecular weight is 404 g/mol. The van der Waals surface area contributed by atoms with Crippen molar-refractivity contribution in [2.24, 2.45) is 5.16 Å². The van der Waals surface area contributed by atoms with Crippen LogP contribution in [-0.4, -0.2) is 49.6 Å². The smallest absolute Gasteiger partial charge is 0.352 e. The molecule has 2 amide bonds. The number of carboxylic acids is 1. The summed E-state index contributed by atoms with van der Waals surface area (Å²) in [7, 11) is 0. The Morgan fingerprint density at radius 1 is 1.60 bits per heavy atom. The molecule has 2 aliphatic rings. The zero-order valence-corrected chi connectivity index (χ0v) is 14.6. The number of aliphatic carboxylic acids is 1. The molecule has 1 saturated heterocycles. The average Bonchev–Trinajstić information content (AvgIpc) is 2.85. The van der Waals surface area contributed by atoms with Crippen molar-refractivity contribution in [2.45, 2.75) is 16.7 Å². The summed E-state index contributed by atoms with van der Waals surface area (Å²) >= 11 is 8.20. The van der Waals surface area contributed by atoms with Crippen LogP contribution in [0.25, 0.3) is 0 Å². The van der Waals surface area contributed by atoms with Gasteiger partial charge in [-0.1, -0.05) is 39.9 Å². The van der Waals surface area contributed by atoms with Crippen LogP contribution in [-0.2, 0) is 19.3 Å². The topological polar surface area (TPSA) is 158 Å². The number of oxime groups is 1. The molecule has 2 atom stereocenters. The Hall–Kier alpha value is -2.31. The monoisotopic (exact) mass is 403 g/mol. The Bertz CT molecular complexity index is 840. The van der Waals surface area contributed by atoms with E-state index in [1.165, 1.54) is 6.08 Å². The minimum Gasteiger partial charge on any atom is -0.477 e. The van der Waals surface area contributed by atoms with Crippen LogP contribution in [0.4, 0.5) is 5.13 Å². The van der Waals surface area contributed by atoms with Crippen molar-refractivity contribution in [1.29, 1.82) is 0 Å². The minimum atomic E-state index is -1.49. The van der Waals surface area contributed by atoms with Gasteiger partial charge in [-0.05, 0) is 6.08 Å². The molecule has 2 aliphatic heterocycles. The van der Waals surface area contributed by atoms with Gasteiger partial charge in [0.05, 0.1) is 11.8 Å². The van der Waals surface area contributed by atoms with Crippen LogP contribution in [0.3, 0.4) is 0 Å². The van der Waals surface area contributed by atoms with Gasteiger partial charge in [0.25, 0.3) is 5.91 Å². The summed E-state index contributed by atoms with van der Waals surface area (Å²) < 4.78 is 0.159. The van der Waals surface area contributed by atoms with Gasteiger partial charge >= 0.3 is 5.97 Å². The van der Waals surface area contributed by atoms with Crippen LogP contribution in [0.15, 0.2) is 16.9 Å². The number of nitrogens with one attached hydrogen (secondary N) is 1. The Kier molecular flexibility index (Phi) is 4.34. The zero-order valence-electron chi connectivity index (χ0n) is 12.2. The third kappa shape index (κ3) is 2.92. The fourth-order valence-corrected chi connectivity index (χ4v) is 5.27. The fourth-order valence-electron chi connectivity index (χ4n) is 2.51. The molecule has 1 unspecified atom stereocenters. The molecule has 0 aromatic carbocycles. The molecule has 1 fully saturated rings. The Balaban J connectivity index is 2.16. The summed E-state index contributed by atoms with van der Waals surface area (Å²) in [6, 6.07) is 0. The number of β-lactam (4-membered cyclic amide) rings is 1. The van der Waals surface area contributed by atoms with E-state index < -0.39 is 22.1 Å². The quantitative estimate of drug-likeness (QED) is 0.243. The van der Waals surface area contributed by atoms with Crippen molar-refractivity contribution in [3.63, 3.8) is 0 Å². The van der Waals surface area contributed by atoms with E-state index in [4.69, 9.17) is 22.5 Å². The number of nitrogens with two attached hydrogens (primary N) is 1. The lowest BCUT2D eigenvalue weighted by molar-refractivity contribution is -0.146. The van der Waals surface area contributed by atoms with Crippen molar-refractivity contribution in [3.05, 3.63) is 21.8 Å². The fraction of sp³-hybridized carbons (Fsp3) is 0.250. The summed E-state index contributed by atoms with van der Waals surface area (Å²) in [4.78, 5) is 39.0. The number of rotatable bonds is 4. The van der Waals surface area contributed by atoms with Crippen LogP contribution in [0, 0.1) is 0 Å². The van der Waals surface area contributed by atoms with Crippen molar-refractivity contribution in [2.75, 3.05) is 5.73 Å². The van der Waals surface area contributed by atoms with Gasteiger partial charge in [-0.15, -0.1) is 0 Å². The summed E-state index contributed by atoms with van der Waals surface area (Å²) in [5.74, 6) is -2.49. The number of thiazole rings is 1. The second kappa shape index (κ2) is 6.20. The first-order valence-corrected chi connectivity index (χ1v) is 8.72. The van der Waals surface area contributed by atoms with Crippen molar-refractivity contribution >= 4 is 63.8 Å². The lowest BCUT2D eigenvalue weighted by Gasteiger charge is -2.48. The number of anilines is 1. The largest absolute Gasteiger partial charge is 0.477 e. The molecule has 0 saturated carbocycles. The van der Waals surface area contributed by atoms with Gasteiger partial charge in [0.15, 0.2) is 10.0 Å². The van der Waals surface area contributed by atoms with Gasteiger partial charge in [-0.25, -0.2) is 9.78 Å². The molecule has 25 heavy (non-hydrogen) atoms. The van der Waals surface area contributed by atoms with E-state index in [0.717, 1.165) is 28.0 Å². The van der Waals surface area contributed by atoms with Gasteiger partial charge in [0.2, 0.25) is 5.91 Å². The molecule has 3 heterocycles. The van der Waals surface area contributed by atoms with E-state index in [9.17, 15) is 19.5 Å². The standard InChI is InChI=1S/C12H10ClN5O5S2/c13-9-8(16-11(14)24-9)12(17-5(19)3-15-23)2-4(10(21)22)18-6(20)1-7(18)25-12/h2-3,7,23H,1H2,(H2,14,16)(H,17,19)(H,21,22)/b15-3-/t7-,12?/m1/s1. The molecule has 0 spiro atoms. The second-order valence-electron chi connectivity index (χ2n) is 5.02. The number of hydrogen-bond donors (Lipinski definition) is 4.